The summed E-state index contributed by atoms with van der Waals surface area (Å²) >= 11 is 7.65. The van der Waals surface area contributed by atoms with Crippen molar-refractivity contribution >= 4 is 34.0 Å². The van der Waals surface area contributed by atoms with Crippen LogP contribution in [0.25, 0.3) is 0 Å². The van der Waals surface area contributed by atoms with Gasteiger partial charge in [0.05, 0.1) is 11.1 Å². The number of nitrogens with one attached hydrogen (secondary N) is 1. The molecule has 24 heavy (non-hydrogen) atoms. The fraction of sp³-hybridized carbons (Fsp3) is 0.474. The van der Waals surface area contributed by atoms with Gasteiger partial charge in [0.15, 0.2) is 5.13 Å². The van der Waals surface area contributed by atoms with Gasteiger partial charge in [-0.15, -0.1) is 11.3 Å². The Morgan fingerprint density at radius 3 is 2.58 bits per heavy atom. The normalized spacial score (nSPS) is 17.0. The predicted octanol–water partition coefficient (Wildman–Crippen LogP) is 5.54. The van der Waals surface area contributed by atoms with Crippen molar-refractivity contribution in [2.45, 2.75) is 57.3 Å². The lowest BCUT2D eigenvalue weighted by molar-refractivity contribution is -0.121. The number of aromatic nitrogens is 1. The fourth-order valence-corrected chi connectivity index (χ4v) is 4.43. The average Bonchev–Trinajstić information content (AvgIpc) is 3.16. The maximum absolute atomic E-state index is 13.1. The molecule has 0 spiro atoms. The number of amides is 1. The second kappa shape index (κ2) is 6.49. The molecule has 1 saturated carbocycles. The third kappa shape index (κ3) is 3.35. The van der Waals surface area contributed by atoms with Crippen molar-refractivity contribution < 1.29 is 4.79 Å². The Morgan fingerprint density at radius 1 is 1.29 bits per heavy atom. The lowest BCUT2D eigenvalue weighted by atomic mass is 9.78. The first-order valence-electron chi connectivity index (χ1n) is 8.35. The molecule has 3 nitrogen and oxygen atoms in total. The summed E-state index contributed by atoms with van der Waals surface area (Å²) in [5, 5.41) is 6.44. The summed E-state index contributed by atoms with van der Waals surface area (Å²) in [6.45, 7) is 6.37. The SMILES string of the molecule is CC(C)(C)c1csc(NC(=O)C2(c3cccc(Cl)c3)CCCC2)n1. The molecule has 0 aliphatic heterocycles. The molecule has 1 fully saturated rings. The number of anilines is 1. The maximum Gasteiger partial charge on any atom is 0.236 e. The van der Waals surface area contributed by atoms with Crippen LogP contribution in [-0.2, 0) is 15.6 Å². The number of thiazole rings is 1. The van der Waals surface area contributed by atoms with E-state index in [-0.39, 0.29) is 11.3 Å². The Hall–Kier alpha value is -1.39. The number of carbonyl (C=O) groups is 1. The highest BCUT2D eigenvalue weighted by molar-refractivity contribution is 7.14. The van der Waals surface area contributed by atoms with Crippen LogP contribution in [0.5, 0.6) is 0 Å². The molecule has 0 bridgehead atoms. The molecule has 128 valence electrons. The molecular formula is C19H23ClN2OS. The number of rotatable bonds is 3. The van der Waals surface area contributed by atoms with E-state index < -0.39 is 5.41 Å². The van der Waals surface area contributed by atoms with E-state index in [0.717, 1.165) is 36.9 Å². The summed E-state index contributed by atoms with van der Waals surface area (Å²) in [5.74, 6) is 0.0390. The zero-order valence-electron chi connectivity index (χ0n) is 14.4. The van der Waals surface area contributed by atoms with Gasteiger partial charge in [-0.3, -0.25) is 4.79 Å². The third-order valence-electron chi connectivity index (χ3n) is 4.76. The summed E-state index contributed by atoms with van der Waals surface area (Å²) in [7, 11) is 0. The molecule has 1 N–H and O–H groups in total. The summed E-state index contributed by atoms with van der Waals surface area (Å²) in [5.41, 5.74) is 1.51. The highest BCUT2D eigenvalue weighted by atomic mass is 35.5. The minimum absolute atomic E-state index is 0.0164. The molecule has 3 rings (SSSR count). The number of nitrogens with zero attached hydrogens (tertiary/aromatic N) is 1. The quantitative estimate of drug-likeness (QED) is 0.778. The van der Waals surface area contributed by atoms with Crippen LogP contribution in [0.15, 0.2) is 29.6 Å². The molecule has 1 aliphatic rings. The Bertz CT molecular complexity index is 742. The Balaban J connectivity index is 1.87. The zero-order chi connectivity index (χ0) is 17.4. The second-order valence-electron chi connectivity index (χ2n) is 7.54. The van der Waals surface area contributed by atoms with Crippen LogP contribution in [0.4, 0.5) is 5.13 Å². The van der Waals surface area contributed by atoms with Gasteiger partial charge >= 0.3 is 0 Å². The first-order valence-corrected chi connectivity index (χ1v) is 9.60. The molecule has 0 unspecified atom stereocenters. The van der Waals surface area contributed by atoms with Crippen molar-refractivity contribution in [1.29, 1.82) is 0 Å². The van der Waals surface area contributed by atoms with Crippen LogP contribution in [0.2, 0.25) is 5.02 Å². The third-order valence-corrected chi connectivity index (χ3v) is 5.75. The Labute approximate surface area is 152 Å². The summed E-state index contributed by atoms with van der Waals surface area (Å²) in [6, 6.07) is 7.71. The van der Waals surface area contributed by atoms with Gasteiger partial charge in [0, 0.05) is 15.8 Å². The zero-order valence-corrected chi connectivity index (χ0v) is 15.9. The van der Waals surface area contributed by atoms with Gasteiger partial charge in [0.1, 0.15) is 0 Å². The largest absolute Gasteiger partial charge is 0.301 e. The monoisotopic (exact) mass is 362 g/mol. The van der Waals surface area contributed by atoms with E-state index in [4.69, 9.17) is 11.6 Å². The topological polar surface area (TPSA) is 42.0 Å². The van der Waals surface area contributed by atoms with Crippen LogP contribution in [0.3, 0.4) is 0 Å². The average molecular weight is 363 g/mol. The van der Waals surface area contributed by atoms with Crippen LogP contribution >= 0.6 is 22.9 Å². The maximum atomic E-state index is 13.1. The summed E-state index contributed by atoms with van der Waals surface area (Å²) in [4.78, 5) is 17.7. The number of halogens is 1. The standard InChI is InChI=1S/C19H23ClN2OS/c1-18(2,3)15-12-24-17(21-15)22-16(23)19(9-4-5-10-19)13-7-6-8-14(20)11-13/h6-8,11-12H,4-5,9-10H2,1-3H3,(H,21,22,23). The molecule has 1 aromatic heterocycles. The van der Waals surface area contributed by atoms with E-state index in [2.05, 4.69) is 31.1 Å². The molecule has 1 aromatic carbocycles. The van der Waals surface area contributed by atoms with Crippen molar-refractivity contribution in [3.8, 4) is 0 Å². The van der Waals surface area contributed by atoms with E-state index in [0.29, 0.717) is 10.2 Å². The molecule has 1 aliphatic carbocycles. The molecule has 1 amide bonds. The van der Waals surface area contributed by atoms with Gasteiger partial charge in [-0.2, -0.15) is 0 Å². The van der Waals surface area contributed by atoms with Crippen LogP contribution in [0, 0.1) is 0 Å². The molecule has 1 heterocycles. The van der Waals surface area contributed by atoms with E-state index in [9.17, 15) is 4.79 Å². The van der Waals surface area contributed by atoms with E-state index >= 15 is 0 Å². The van der Waals surface area contributed by atoms with Crippen molar-refractivity contribution in [1.82, 2.24) is 4.98 Å². The van der Waals surface area contributed by atoms with Gasteiger partial charge < -0.3 is 5.32 Å². The Morgan fingerprint density at radius 2 is 2.00 bits per heavy atom. The first kappa shape index (κ1) is 17.4. The van der Waals surface area contributed by atoms with Crippen molar-refractivity contribution in [2.24, 2.45) is 0 Å². The minimum atomic E-state index is -0.488. The lowest BCUT2D eigenvalue weighted by Crippen LogP contribution is -2.38. The Kier molecular flexibility index (Phi) is 4.71. The van der Waals surface area contributed by atoms with E-state index in [1.54, 1.807) is 0 Å². The smallest absolute Gasteiger partial charge is 0.236 e. The highest BCUT2D eigenvalue weighted by Gasteiger charge is 2.43. The van der Waals surface area contributed by atoms with E-state index in [1.807, 2.05) is 29.6 Å². The first-order chi connectivity index (χ1) is 11.3. The number of hydrogen-bond acceptors (Lipinski definition) is 3. The van der Waals surface area contributed by atoms with Crippen molar-refractivity contribution in [3.05, 3.63) is 45.9 Å². The minimum Gasteiger partial charge on any atom is -0.301 e. The van der Waals surface area contributed by atoms with Gasteiger partial charge in [0.25, 0.3) is 0 Å². The molecule has 0 radical (unpaired) electrons. The van der Waals surface area contributed by atoms with Gasteiger partial charge in [-0.1, -0.05) is 57.3 Å². The molecular weight excluding hydrogens is 340 g/mol. The summed E-state index contributed by atoms with van der Waals surface area (Å²) < 4.78 is 0. The van der Waals surface area contributed by atoms with Crippen LogP contribution < -0.4 is 5.32 Å². The second-order valence-corrected chi connectivity index (χ2v) is 8.84. The fourth-order valence-electron chi connectivity index (χ4n) is 3.30. The van der Waals surface area contributed by atoms with Crippen LogP contribution in [-0.4, -0.2) is 10.9 Å². The molecule has 5 heteroatoms. The van der Waals surface area contributed by atoms with Crippen LogP contribution in [0.1, 0.15) is 57.7 Å². The van der Waals surface area contributed by atoms with Crippen molar-refractivity contribution in [2.75, 3.05) is 5.32 Å². The lowest BCUT2D eigenvalue weighted by Gasteiger charge is -2.28. The molecule has 0 saturated heterocycles. The number of hydrogen-bond donors (Lipinski definition) is 1. The van der Waals surface area contributed by atoms with Gasteiger partial charge in [0.2, 0.25) is 5.91 Å². The summed E-state index contributed by atoms with van der Waals surface area (Å²) in [6.07, 6.45) is 3.84. The number of benzene rings is 1. The predicted molar refractivity (Wildman–Crippen MR) is 101 cm³/mol. The van der Waals surface area contributed by atoms with Crippen molar-refractivity contribution in [3.63, 3.8) is 0 Å². The van der Waals surface area contributed by atoms with Gasteiger partial charge in [-0.25, -0.2) is 4.98 Å². The number of carbonyl (C=O) groups excluding carboxylic acids is 1. The molecule has 2 aromatic rings. The molecule has 0 atom stereocenters. The highest BCUT2D eigenvalue weighted by Crippen LogP contribution is 2.43. The van der Waals surface area contributed by atoms with E-state index in [1.165, 1.54) is 11.3 Å². The van der Waals surface area contributed by atoms with Gasteiger partial charge in [-0.05, 0) is 30.5 Å².